The SMILES string of the molecule is Cc1cccc(C(=O)Nc2ccnn2Cc2ccc(Br)cc2)c1C. The molecule has 0 bridgehead atoms. The third-order valence-corrected chi connectivity index (χ3v) is 4.58. The van der Waals surface area contributed by atoms with Gasteiger partial charge in [0.15, 0.2) is 0 Å². The molecule has 0 saturated heterocycles. The normalized spacial score (nSPS) is 10.6. The molecule has 24 heavy (non-hydrogen) atoms. The molecule has 0 aliphatic carbocycles. The maximum atomic E-state index is 12.6. The van der Waals surface area contributed by atoms with E-state index >= 15 is 0 Å². The van der Waals surface area contributed by atoms with Crippen molar-refractivity contribution in [3.8, 4) is 0 Å². The van der Waals surface area contributed by atoms with Crippen LogP contribution in [0.15, 0.2) is 59.2 Å². The van der Waals surface area contributed by atoms with Crippen molar-refractivity contribution in [2.24, 2.45) is 0 Å². The van der Waals surface area contributed by atoms with Gasteiger partial charge in [0.1, 0.15) is 5.82 Å². The summed E-state index contributed by atoms with van der Waals surface area (Å²) in [4.78, 5) is 12.6. The number of aromatic nitrogens is 2. The number of benzene rings is 2. The first-order valence-electron chi connectivity index (χ1n) is 7.68. The van der Waals surface area contributed by atoms with Gasteiger partial charge in [0, 0.05) is 16.1 Å². The van der Waals surface area contributed by atoms with Gasteiger partial charge < -0.3 is 5.32 Å². The lowest BCUT2D eigenvalue weighted by Gasteiger charge is -2.11. The summed E-state index contributed by atoms with van der Waals surface area (Å²) in [6.45, 7) is 4.57. The van der Waals surface area contributed by atoms with Crippen LogP contribution in [0.3, 0.4) is 0 Å². The molecule has 122 valence electrons. The van der Waals surface area contributed by atoms with E-state index in [-0.39, 0.29) is 5.91 Å². The second-order valence-electron chi connectivity index (χ2n) is 5.70. The molecule has 0 fully saturated rings. The fourth-order valence-corrected chi connectivity index (χ4v) is 2.77. The number of amides is 1. The lowest BCUT2D eigenvalue weighted by Crippen LogP contribution is -2.17. The van der Waals surface area contributed by atoms with Crippen molar-refractivity contribution in [1.29, 1.82) is 0 Å². The van der Waals surface area contributed by atoms with Gasteiger partial charge in [-0.3, -0.25) is 4.79 Å². The molecule has 1 aromatic heterocycles. The zero-order valence-corrected chi connectivity index (χ0v) is 15.2. The summed E-state index contributed by atoms with van der Waals surface area (Å²) in [5.41, 5.74) is 3.90. The van der Waals surface area contributed by atoms with E-state index in [1.165, 1.54) is 0 Å². The van der Waals surface area contributed by atoms with Crippen LogP contribution in [0, 0.1) is 13.8 Å². The number of anilines is 1. The van der Waals surface area contributed by atoms with E-state index in [4.69, 9.17) is 0 Å². The van der Waals surface area contributed by atoms with Gasteiger partial charge in [-0.15, -0.1) is 0 Å². The fourth-order valence-electron chi connectivity index (χ4n) is 2.51. The van der Waals surface area contributed by atoms with Gasteiger partial charge in [-0.05, 0) is 48.7 Å². The molecule has 2 aromatic carbocycles. The minimum atomic E-state index is -0.117. The molecule has 3 rings (SSSR count). The van der Waals surface area contributed by atoms with Crippen molar-refractivity contribution >= 4 is 27.7 Å². The molecule has 0 radical (unpaired) electrons. The molecule has 0 atom stereocenters. The number of hydrogen-bond donors (Lipinski definition) is 1. The Hall–Kier alpha value is -2.40. The molecule has 5 heteroatoms. The van der Waals surface area contributed by atoms with Gasteiger partial charge in [-0.1, -0.05) is 40.2 Å². The summed E-state index contributed by atoms with van der Waals surface area (Å²) < 4.78 is 2.82. The van der Waals surface area contributed by atoms with Gasteiger partial charge in [-0.2, -0.15) is 5.10 Å². The molecule has 1 amide bonds. The zero-order chi connectivity index (χ0) is 17.1. The van der Waals surface area contributed by atoms with Crippen molar-refractivity contribution in [3.63, 3.8) is 0 Å². The van der Waals surface area contributed by atoms with Crippen molar-refractivity contribution < 1.29 is 4.79 Å². The summed E-state index contributed by atoms with van der Waals surface area (Å²) in [6, 6.07) is 15.6. The molecule has 0 aliphatic heterocycles. The molecular formula is C19H18BrN3O. The maximum Gasteiger partial charge on any atom is 0.257 e. The number of rotatable bonds is 4. The number of aryl methyl sites for hydroxylation is 1. The Kier molecular flexibility index (Phi) is 4.81. The van der Waals surface area contributed by atoms with Gasteiger partial charge in [0.25, 0.3) is 5.91 Å². The predicted molar refractivity (Wildman–Crippen MR) is 99.3 cm³/mol. The minimum absolute atomic E-state index is 0.117. The Morgan fingerprint density at radius 3 is 2.62 bits per heavy atom. The third kappa shape index (κ3) is 3.57. The molecule has 1 heterocycles. The highest BCUT2D eigenvalue weighted by Crippen LogP contribution is 2.17. The number of nitrogens with zero attached hydrogens (tertiary/aromatic N) is 2. The van der Waals surface area contributed by atoms with Crippen LogP contribution in [0.2, 0.25) is 0 Å². The number of carbonyl (C=O) groups excluding carboxylic acids is 1. The fraction of sp³-hybridized carbons (Fsp3) is 0.158. The Balaban J connectivity index is 1.79. The maximum absolute atomic E-state index is 12.6. The van der Waals surface area contributed by atoms with Gasteiger partial charge in [0.2, 0.25) is 0 Å². The molecule has 4 nitrogen and oxygen atoms in total. The summed E-state index contributed by atoms with van der Waals surface area (Å²) in [7, 11) is 0. The summed E-state index contributed by atoms with van der Waals surface area (Å²) in [6.07, 6.45) is 1.69. The van der Waals surface area contributed by atoms with E-state index < -0.39 is 0 Å². The van der Waals surface area contributed by atoms with Gasteiger partial charge in [0.05, 0.1) is 12.7 Å². The van der Waals surface area contributed by atoms with Gasteiger partial charge >= 0.3 is 0 Å². The number of halogens is 1. The molecule has 0 unspecified atom stereocenters. The second-order valence-corrected chi connectivity index (χ2v) is 6.62. The average Bonchev–Trinajstić information content (AvgIpc) is 2.99. The van der Waals surface area contributed by atoms with Crippen molar-refractivity contribution in [3.05, 3.63) is 81.5 Å². The minimum Gasteiger partial charge on any atom is -0.307 e. The Labute approximate surface area is 149 Å². The van der Waals surface area contributed by atoms with E-state index in [0.29, 0.717) is 17.9 Å². The lowest BCUT2D eigenvalue weighted by atomic mass is 10.0. The standard InChI is InChI=1S/C19H18BrN3O/c1-13-4-3-5-17(14(13)2)19(24)22-18-10-11-21-23(18)12-15-6-8-16(20)9-7-15/h3-11H,12H2,1-2H3,(H,22,24). The van der Waals surface area contributed by atoms with E-state index in [1.807, 2.05) is 62.4 Å². The highest BCUT2D eigenvalue weighted by molar-refractivity contribution is 9.10. The van der Waals surface area contributed by atoms with Crippen LogP contribution in [0.25, 0.3) is 0 Å². The Morgan fingerprint density at radius 1 is 1.12 bits per heavy atom. The van der Waals surface area contributed by atoms with Crippen LogP contribution in [0.1, 0.15) is 27.0 Å². The summed E-state index contributed by atoms with van der Waals surface area (Å²) in [5.74, 6) is 0.567. The smallest absolute Gasteiger partial charge is 0.257 e. The topological polar surface area (TPSA) is 46.9 Å². The van der Waals surface area contributed by atoms with Crippen molar-refractivity contribution in [2.45, 2.75) is 20.4 Å². The van der Waals surface area contributed by atoms with E-state index in [0.717, 1.165) is 21.2 Å². The molecule has 0 saturated carbocycles. The molecule has 0 aliphatic rings. The van der Waals surface area contributed by atoms with E-state index in [1.54, 1.807) is 10.9 Å². The number of nitrogens with one attached hydrogen (secondary N) is 1. The molecule has 3 aromatic rings. The van der Waals surface area contributed by atoms with E-state index in [2.05, 4.69) is 26.3 Å². The van der Waals surface area contributed by atoms with Crippen LogP contribution >= 0.6 is 15.9 Å². The number of hydrogen-bond acceptors (Lipinski definition) is 2. The Bertz CT molecular complexity index is 869. The Morgan fingerprint density at radius 2 is 1.88 bits per heavy atom. The molecule has 0 spiro atoms. The van der Waals surface area contributed by atoms with E-state index in [9.17, 15) is 4.79 Å². The third-order valence-electron chi connectivity index (χ3n) is 4.05. The summed E-state index contributed by atoms with van der Waals surface area (Å²) in [5, 5.41) is 7.27. The zero-order valence-electron chi connectivity index (χ0n) is 13.6. The first-order chi connectivity index (χ1) is 11.5. The van der Waals surface area contributed by atoms with Gasteiger partial charge in [-0.25, -0.2) is 4.68 Å². The monoisotopic (exact) mass is 383 g/mol. The average molecular weight is 384 g/mol. The molecule has 1 N–H and O–H groups in total. The first-order valence-corrected chi connectivity index (χ1v) is 8.48. The highest BCUT2D eigenvalue weighted by atomic mass is 79.9. The predicted octanol–water partition coefficient (Wildman–Crippen LogP) is 4.56. The van der Waals surface area contributed by atoms with Crippen LogP contribution in [0.4, 0.5) is 5.82 Å². The van der Waals surface area contributed by atoms with Crippen LogP contribution in [-0.4, -0.2) is 15.7 Å². The highest BCUT2D eigenvalue weighted by Gasteiger charge is 2.13. The van der Waals surface area contributed by atoms with Crippen LogP contribution in [-0.2, 0) is 6.54 Å². The number of carbonyl (C=O) groups is 1. The van der Waals surface area contributed by atoms with Crippen molar-refractivity contribution in [1.82, 2.24) is 9.78 Å². The summed E-state index contributed by atoms with van der Waals surface area (Å²) >= 11 is 3.43. The van der Waals surface area contributed by atoms with Crippen molar-refractivity contribution in [2.75, 3.05) is 5.32 Å². The first kappa shape index (κ1) is 16.5. The van der Waals surface area contributed by atoms with Crippen LogP contribution < -0.4 is 5.32 Å². The van der Waals surface area contributed by atoms with Crippen LogP contribution in [0.5, 0.6) is 0 Å². The molecular weight excluding hydrogens is 366 g/mol. The quantitative estimate of drug-likeness (QED) is 0.717. The lowest BCUT2D eigenvalue weighted by molar-refractivity contribution is 0.102. The largest absolute Gasteiger partial charge is 0.307 e. The second kappa shape index (κ2) is 7.01.